The van der Waals surface area contributed by atoms with Crippen molar-refractivity contribution < 1.29 is 4.48 Å². The molecule has 0 saturated heterocycles. The molecule has 0 aliphatic carbocycles. The van der Waals surface area contributed by atoms with E-state index in [4.69, 9.17) is 0 Å². The van der Waals surface area contributed by atoms with Gasteiger partial charge in [-0.05, 0) is 20.8 Å². The van der Waals surface area contributed by atoms with Crippen LogP contribution in [0.4, 0.5) is 0 Å². The van der Waals surface area contributed by atoms with Gasteiger partial charge in [-0.2, -0.15) is 21.9 Å². The van der Waals surface area contributed by atoms with Crippen molar-refractivity contribution >= 4 is 28.0 Å². The molecule has 0 amide bonds. The summed E-state index contributed by atoms with van der Waals surface area (Å²) in [6, 6.07) is 43.5. The maximum Gasteiger partial charge on any atom is 0.108 e. The van der Waals surface area contributed by atoms with Crippen molar-refractivity contribution in [1.82, 2.24) is 0 Å². The SMILES string of the molecule is CC[N+](C)(CC)CC.c1ccc([B-](c2ccccc2)(c2ccccc2)c2ccccc2)cc1. The minimum absolute atomic E-state index is 1.21. The number of nitrogens with zero attached hydrogens (tertiary/aromatic N) is 1. The van der Waals surface area contributed by atoms with E-state index < -0.39 is 6.15 Å². The Balaban J connectivity index is 0.000000331. The molecule has 33 heavy (non-hydrogen) atoms. The molecule has 0 spiro atoms. The average Bonchev–Trinajstić information content (AvgIpc) is 2.92. The van der Waals surface area contributed by atoms with E-state index in [1.807, 2.05) is 0 Å². The van der Waals surface area contributed by atoms with Crippen LogP contribution in [0.25, 0.3) is 0 Å². The van der Waals surface area contributed by atoms with Gasteiger partial charge in [-0.1, -0.05) is 121 Å². The van der Waals surface area contributed by atoms with Gasteiger partial charge in [0.05, 0.1) is 26.7 Å². The molecule has 0 bridgehead atoms. The number of hydrogen-bond donors (Lipinski definition) is 0. The molecule has 170 valence electrons. The first-order valence-corrected chi connectivity index (χ1v) is 12.3. The van der Waals surface area contributed by atoms with Crippen molar-refractivity contribution in [3.8, 4) is 0 Å². The molecule has 4 rings (SSSR count). The summed E-state index contributed by atoms with van der Waals surface area (Å²) < 4.78 is 1.21. The van der Waals surface area contributed by atoms with Crippen LogP contribution in [0.1, 0.15) is 20.8 Å². The zero-order chi connectivity index (χ0) is 23.6. The Morgan fingerprint density at radius 2 is 0.636 bits per heavy atom. The van der Waals surface area contributed by atoms with Crippen LogP contribution in [0.15, 0.2) is 121 Å². The summed E-state index contributed by atoms with van der Waals surface area (Å²) in [5.41, 5.74) is 5.36. The average molecular weight is 435 g/mol. The second kappa shape index (κ2) is 11.7. The third kappa shape index (κ3) is 5.46. The van der Waals surface area contributed by atoms with Crippen LogP contribution < -0.4 is 21.9 Å². The normalized spacial score (nSPS) is 11.4. The molecule has 0 N–H and O–H groups in total. The number of hydrogen-bond acceptors (Lipinski definition) is 0. The first-order chi connectivity index (χ1) is 16.1. The fourth-order valence-electron chi connectivity index (χ4n) is 4.79. The second-order valence-corrected chi connectivity index (χ2v) is 9.08. The predicted octanol–water partition coefficient (Wildman–Crippen LogP) is 4.56. The van der Waals surface area contributed by atoms with E-state index >= 15 is 0 Å². The van der Waals surface area contributed by atoms with Crippen molar-refractivity contribution in [1.29, 1.82) is 0 Å². The Hall–Kier alpha value is -3.10. The van der Waals surface area contributed by atoms with Gasteiger partial charge < -0.3 is 4.48 Å². The Morgan fingerprint density at radius 1 is 0.424 bits per heavy atom. The van der Waals surface area contributed by atoms with Crippen LogP contribution in [-0.4, -0.2) is 37.3 Å². The molecule has 0 heterocycles. The summed E-state index contributed by atoms with van der Waals surface area (Å²) in [7, 11) is 2.29. The number of quaternary nitrogens is 1. The molecule has 0 saturated carbocycles. The topological polar surface area (TPSA) is 0 Å². The number of benzene rings is 4. The van der Waals surface area contributed by atoms with Crippen LogP contribution in [0.2, 0.25) is 0 Å². The van der Waals surface area contributed by atoms with Crippen LogP contribution in [0, 0.1) is 0 Å². The lowest BCUT2D eigenvalue weighted by Crippen LogP contribution is -2.74. The monoisotopic (exact) mass is 435 g/mol. The van der Waals surface area contributed by atoms with Gasteiger partial charge in [0, 0.05) is 0 Å². The standard InChI is InChI=1S/C24H20B.C7H18N/c1-5-13-21(14-6-1)25(22-15-7-2-8-16-22,23-17-9-3-10-18-23)24-19-11-4-12-20-24;1-5-8(4,6-2)7-3/h1-20H;5-7H2,1-4H3/q-1;+1. The van der Waals surface area contributed by atoms with Crippen LogP contribution in [0.3, 0.4) is 0 Å². The summed E-state index contributed by atoms with van der Waals surface area (Å²) in [6.45, 7) is 10.5. The lowest BCUT2D eigenvalue weighted by atomic mass is 9.13. The first kappa shape index (κ1) is 24.5. The summed E-state index contributed by atoms with van der Waals surface area (Å²) >= 11 is 0. The van der Waals surface area contributed by atoms with E-state index in [0.29, 0.717) is 0 Å². The van der Waals surface area contributed by atoms with Gasteiger partial charge in [0.25, 0.3) is 0 Å². The molecule has 0 aliphatic heterocycles. The quantitative estimate of drug-likeness (QED) is 0.295. The fraction of sp³-hybridized carbons (Fsp3) is 0.226. The molecule has 1 nitrogen and oxygen atoms in total. The molecule has 0 aromatic heterocycles. The van der Waals surface area contributed by atoms with Gasteiger partial charge in [0.15, 0.2) is 0 Å². The molecule has 2 heteroatoms. The summed E-state index contributed by atoms with van der Waals surface area (Å²) in [5.74, 6) is 0. The third-order valence-corrected chi connectivity index (χ3v) is 7.49. The first-order valence-electron chi connectivity index (χ1n) is 12.3. The second-order valence-electron chi connectivity index (χ2n) is 9.08. The van der Waals surface area contributed by atoms with Crippen molar-refractivity contribution in [2.45, 2.75) is 20.8 Å². The Morgan fingerprint density at radius 3 is 0.788 bits per heavy atom. The highest BCUT2D eigenvalue weighted by Gasteiger charge is 2.31. The van der Waals surface area contributed by atoms with E-state index in [-0.39, 0.29) is 0 Å². The van der Waals surface area contributed by atoms with Gasteiger partial charge in [-0.25, -0.2) is 0 Å². The Labute approximate surface area is 201 Å². The van der Waals surface area contributed by atoms with Gasteiger partial charge in [0.2, 0.25) is 0 Å². The molecule has 0 aliphatic rings. The summed E-state index contributed by atoms with van der Waals surface area (Å²) in [4.78, 5) is 0. The van der Waals surface area contributed by atoms with Crippen molar-refractivity contribution in [2.24, 2.45) is 0 Å². The molecule has 4 aromatic carbocycles. The van der Waals surface area contributed by atoms with E-state index in [1.54, 1.807) is 0 Å². The molecule has 0 radical (unpaired) electrons. The molecule has 0 atom stereocenters. The maximum atomic E-state index is 2.29. The minimum Gasteiger partial charge on any atom is -0.327 e. The Bertz CT molecular complexity index is 887. The van der Waals surface area contributed by atoms with Crippen molar-refractivity contribution in [2.75, 3.05) is 26.7 Å². The van der Waals surface area contributed by atoms with Gasteiger partial charge >= 0.3 is 0 Å². The smallest absolute Gasteiger partial charge is 0.108 e. The highest BCUT2D eigenvalue weighted by atomic mass is 15.3. The van der Waals surface area contributed by atoms with Gasteiger partial charge in [-0.3, -0.25) is 0 Å². The summed E-state index contributed by atoms with van der Waals surface area (Å²) in [6.07, 6.45) is -1.22. The highest BCUT2D eigenvalue weighted by Crippen LogP contribution is 2.09. The minimum atomic E-state index is -1.22. The zero-order valence-electron chi connectivity index (χ0n) is 20.7. The van der Waals surface area contributed by atoms with E-state index in [2.05, 4.69) is 149 Å². The third-order valence-electron chi connectivity index (χ3n) is 7.49. The highest BCUT2D eigenvalue weighted by molar-refractivity contribution is 7.19. The van der Waals surface area contributed by atoms with Crippen molar-refractivity contribution in [3.63, 3.8) is 0 Å². The molecular weight excluding hydrogens is 397 g/mol. The largest absolute Gasteiger partial charge is 0.327 e. The predicted molar refractivity (Wildman–Crippen MR) is 148 cm³/mol. The van der Waals surface area contributed by atoms with Crippen molar-refractivity contribution in [3.05, 3.63) is 121 Å². The van der Waals surface area contributed by atoms with E-state index in [0.717, 1.165) is 0 Å². The van der Waals surface area contributed by atoms with Gasteiger partial charge in [-0.15, -0.1) is 0 Å². The van der Waals surface area contributed by atoms with Crippen LogP contribution in [0.5, 0.6) is 0 Å². The van der Waals surface area contributed by atoms with E-state index in [1.165, 1.54) is 46.0 Å². The lowest BCUT2D eigenvalue weighted by molar-refractivity contribution is -0.904. The van der Waals surface area contributed by atoms with Crippen LogP contribution >= 0.6 is 0 Å². The zero-order valence-corrected chi connectivity index (χ0v) is 20.7. The summed E-state index contributed by atoms with van der Waals surface area (Å²) in [5, 5.41) is 0. The maximum absolute atomic E-state index is 2.29. The molecule has 0 fully saturated rings. The molecule has 0 unspecified atom stereocenters. The Kier molecular flexibility index (Phi) is 8.68. The van der Waals surface area contributed by atoms with E-state index in [9.17, 15) is 0 Å². The fourth-order valence-corrected chi connectivity index (χ4v) is 4.79. The van der Waals surface area contributed by atoms with Crippen LogP contribution in [-0.2, 0) is 0 Å². The lowest BCUT2D eigenvalue weighted by Gasteiger charge is -2.44. The number of rotatable bonds is 7. The molecular formula is C31H38BN. The molecule has 4 aromatic rings. The van der Waals surface area contributed by atoms with Gasteiger partial charge in [0.1, 0.15) is 6.15 Å².